The van der Waals surface area contributed by atoms with Crippen LogP contribution in [0.5, 0.6) is 0 Å². The van der Waals surface area contributed by atoms with Crippen molar-refractivity contribution in [3.05, 3.63) is 35.4 Å². The Kier molecular flexibility index (Phi) is 4.52. The number of hydrogen-bond acceptors (Lipinski definition) is 3. The third-order valence-electron chi connectivity index (χ3n) is 1.82. The predicted molar refractivity (Wildman–Crippen MR) is 63.5 cm³/mol. The molecule has 0 aliphatic heterocycles. The lowest BCUT2D eigenvalue weighted by Gasteiger charge is -2.12. The van der Waals surface area contributed by atoms with Crippen molar-refractivity contribution in [1.29, 1.82) is 0 Å². The van der Waals surface area contributed by atoms with Crippen molar-refractivity contribution >= 4 is 5.91 Å². The van der Waals surface area contributed by atoms with E-state index < -0.39 is 0 Å². The van der Waals surface area contributed by atoms with Gasteiger partial charge in [0, 0.05) is 19.7 Å². The summed E-state index contributed by atoms with van der Waals surface area (Å²) < 4.78 is 0. The van der Waals surface area contributed by atoms with Gasteiger partial charge >= 0.3 is 0 Å². The first kappa shape index (κ1) is 12.2. The number of carbonyl (C=O) groups is 1. The van der Waals surface area contributed by atoms with E-state index in [1.807, 2.05) is 6.07 Å². The molecule has 1 aromatic rings. The van der Waals surface area contributed by atoms with Crippen LogP contribution in [0.15, 0.2) is 24.3 Å². The normalized spacial score (nSPS) is 9.50. The molecule has 0 aliphatic carbocycles. The Morgan fingerprint density at radius 1 is 1.44 bits per heavy atom. The van der Waals surface area contributed by atoms with E-state index in [4.69, 9.17) is 5.73 Å². The number of hydrazine groups is 1. The molecule has 0 heterocycles. The van der Waals surface area contributed by atoms with E-state index >= 15 is 0 Å². The molecule has 1 amide bonds. The summed E-state index contributed by atoms with van der Waals surface area (Å²) in [5, 5.41) is 1.59. The van der Waals surface area contributed by atoms with Crippen molar-refractivity contribution < 1.29 is 4.79 Å². The van der Waals surface area contributed by atoms with Gasteiger partial charge in [0.15, 0.2) is 0 Å². The van der Waals surface area contributed by atoms with Crippen LogP contribution in [0.4, 0.5) is 0 Å². The topological polar surface area (TPSA) is 58.4 Å². The Labute approximate surface area is 95.4 Å². The minimum absolute atomic E-state index is 0.174. The van der Waals surface area contributed by atoms with Crippen molar-refractivity contribution in [2.24, 2.45) is 5.73 Å². The minimum Gasteiger partial charge on any atom is -0.320 e. The SMILES string of the molecule is CN(C)NC(=O)c1ccccc1C#CCN. The summed E-state index contributed by atoms with van der Waals surface area (Å²) in [5.74, 6) is 5.44. The van der Waals surface area contributed by atoms with Crippen molar-refractivity contribution in [1.82, 2.24) is 10.4 Å². The minimum atomic E-state index is -0.174. The number of nitrogens with one attached hydrogen (secondary N) is 1. The first-order valence-corrected chi connectivity index (χ1v) is 4.91. The summed E-state index contributed by atoms with van der Waals surface area (Å²) in [5.41, 5.74) is 9.21. The second-order valence-electron chi connectivity index (χ2n) is 3.39. The molecular formula is C12H15N3O. The van der Waals surface area contributed by atoms with Gasteiger partial charge in [-0.1, -0.05) is 24.0 Å². The van der Waals surface area contributed by atoms with E-state index in [-0.39, 0.29) is 12.5 Å². The summed E-state index contributed by atoms with van der Waals surface area (Å²) >= 11 is 0. The molecule has 16 heavy (non-hydrogen) atoms. The van der Waals surface area contributed by atoms with Crippen LogP contribution in [0.25, 0.3) is 0 Å². The Balaban J connectivity index is 2.98. The average molecular weight is 217 g/mol. The second kappa shape index (κ2) is 5.91. The van der Waals surface area contributed by atoms with E-state index in [0.29, 0.717) is 11.1 Å². The molecule has 0 unspecified atom stereocenters. The number of nitrogens with zero attached hydrogens (tertiary/aromatic N) is 1. The molecule has 0 atom stereocenters. The number of amides is 1. The van der Waals surface area contributed by atoms with Crippen molar-refractivity contribution in [3.63, 3.8) is 0 Å². The zero-order chi connectivity index (χ0) is 12.0. The highest BCUT2D eigenvalue weighted by Crippen LogP contribution is 2.06. The molecule has 0 saturated carbocycles. The van der Waals surface area contributed by atoms with Crippen LogP contribution in [-0.4, -0.2) is 31.6 Å². The molecule has 0 radical (unpaired) electrons. The fourth-order valence-corrected chi connectivity index (χ4v) is 1.20. The number of benzene rings is 1. The third-order valence-corrected chi connectivity index (χ3v) is 1.82. The number of carbonyl (C=O) groups excluding carboxylic acids is 1. The lowest BCUT2D eigenvalue weighted by atomic mass is 10.1. The maximum absolute atomic E-state index is 11.8. The van der Waals surface area contributed by atoms with Gasteiger partial charge in [-0.3, -0.25) is 10.2 Å². The van der Waals surface area contributed by atoms with Gasteiger partial charge in [0.1, 0.15) is 0 Å². The number of nitrogens with two attached hydrogens (primary N) is 1. The maximum atomic E-state index is 11.8. The highest BCUT2D eigenvalue weighted by Gasteiger charge is 2.09. The standard InChI is InChI=1S/C12H15N3O/c1-15(2)14-12(16)11-8-4-3-6-10(11)7-5-9-13/h3-4,6,8H,9,13H2,1-2H3,(H,14,16). The predicted octanol–water partition coefficient (Wildman–Crippen LogP) is 0.203. The molecule has 84 valence electrons. The lowest BCUT2D eigenvalue weighted by Crippen LogP contribution is -2.36. The first-order valence-electron chi connectivity index (χ1n) is 4.91. The number of rotatable bonds is 2. The molecule has 1 rings (SSSR count). The largest absolute Gasteiger partial charge is 0.320 e. The van der Waals surface area contributed by atoms with Crippen LogP contribution in [0.3, 0.4) is 0 Å². The highest BCUT2D eigenvalue weighted by molar-refractivity contribution is 5.96. The van der Waals surface area contributed by atoms with E-state index in [1.165, 1.54) is 0 Å². The highest BCUT2D eigenvalue weighted by atomic mass is 16.2. The van der Waals surface area contributed by atoms with Crippen LogP contribution in [0, 0.1) is 11.8 Å². The molecular weight excluding hydrogens is 202 g/mol. The number of hydrogen-bond donors (Lipinski definition) is 2. The maximum Gasteiger partial charge on any atom is 0.266 e. The Morgan fingerprint density at radius 3 is 2.75 bits per heavy atom. The monoisotopic (exact) mass is 217 g/mol. The molecule has 4 nitrogen and oxygen atoms in total. The Hall–Kier alpha value is -1.83. The quantitative estimate of drug-likeness (QED) is 0.549. The van der Waals surface area contributed by atoms with Crippen LogP contribution in [-0.2, 0) is 0 Å². The molecule has 4 heteroatoms. The molecule has 0 spiro atoms. The molecule has 0 aromatic heterocycles. The van der Waals surface area contributed by atoms with Gasteiger partial charge in [-0.25, -0.2) is 5.01 Å². The second-order valence-corrected chi connectivity index (χ2v) is 3.39. The zero-order valence-corrected chi connectivity index (χ0v) is 9.45. The van der Waals surface area contributed by atoms with Gasteiger partial charge in [-0.15, -0.1) is 0 Å². The third kappa shape index (κ3) is 3.39. The van der Waals surface area contributed by atoms with Gasteiger partial charge in [0.05, 0.1) is 12.1 Å². The summed E-state index contributed by atoms with van der Waals surface area (Å²) in [6.07, 6.45) is 0. The van der Waals surface area contributed by atoms with Crippen molar-refractivity contribution in [3.8, 4) is 11.8 Å². The van der Waals surface area contributed by atoms with Gasteiger partial charge < -0.3 is 5.73 Å². The van der Waals surface area contributed by atoms with Gasteiger partial charge in [-0.05, 0) is 12.1 Å². The van der Waals surface area contributed by atoms with Crippen molar-refractivity contribution in [2.75, 3.05) is 20.6 Å². The van der Waals surface area contributed by atoms with Gasteiger partial charge in [-0.2, -0.15) is 0 Å². The lowest BCUT2D eigenvalue weighted by molar-refractivity contribution is 0.0856. The van der Waals surface area contributed by atoms with Crippen LogP contribution >= 0.6 is 0 Å². The summed E-state index contributed by atoms with van der Waals surface area (Å²) in [6, 6.07) is 7.18. The summed E-state index contributed by atoms with van der Waals surface area (Å²) in [4.78, 5) is 11.8. The molecule has 3 N–H and O–H groups in total. The van der Waals surface area contributed by atoms with Crippen molar-refractivity contribution in [2.45, 2.75) is 0 Å². The Bertz CT molecular complexity index is 429. The molecule has 0 bridgehead atoms. The van der Waals surface area contributed by atoms with E-state index in [2.05, 4.69) is 17.3 Å². The van der Waals surface area contributed by atoms with Gasteiger partial charge in [0.2, 0.25) is 0 Å². The van der Waals surface area contributed by atoms with Crippen LogP contribution in [0.1, 0.15) is 15.9 Å². The average Bonchev–Trinajstić information content (AvgIpc) is 2.25. The fourth-order valence-electron chi connectivity index (χ4n) is 1.20. The molecule has 0 aliphatic rings. The van der Waals surface area contributed by atoms with Crippen LogP contribution < -0.4 is 11.2 Å². The van der Waals surface area contributed by atoms with Crippen LogP contribution in [0.2, 0.25) is 0 Å². The first-order chi connectivity index (χ1) is 7.65. The zero-order valence-electron chi connectivity index (χ0n) is 9.45. The van der Waals surface area contributed by atoms with E-state index in [9.17, 15) is 4.79 Å². The fraction of sp³-hybridized carbons (Fsp3) is 0.250. The smallest absolute Gasteiger partial charge is 0.266 e. The molecule has 0 fully saturated rings. The Morgan fingerprint density at radius 2 is 2.12 bits per heavy atom. The van der Waals surface area contributed by atoms with E-state index in [0.717, 1.165) is 0 Å². The van der Waals surface area contributed by atoms with E-state index in [1.54, 1.807) is 37.3 Å². The molecule has 0 saturated heterocycles. The summed E-state index contributed by atoms with van der Waals surface area (Å²) in [6.45, 7) is 0.281. The summed E-state index contributed by atoms with van der Waals surface area (Å²) in [7, 11) is 3.51. The molecule has 1 aromatic carbocycles. The van der Waals surface area contributed by atoms with Gasteiger partial charge in [0.25, 0.3) is 5.91 Å².